The van der Waals surface area contributed by atoms with Gasteiger partial charge in [-0.1, -0.05) is 260 Å². The van der Waals surface area contributed by atoms with Gasteiger partial charge in [-0.05, 0) is 102 Å². The number of nitrogens with zero attached hydrogens (tertiary/aromatic N) is 7. The van der Waals surface area contributed by atoms with Crippen LogP contribution in [0.1, 0.15) is 5.56 Å². The summed E-state index contributed by atoms with van der Waals surface area (Å²) in [7, 11) is 0. The zero-order chi connectivity index (χ0) is 62.2. The van der Waals surface area contributed by atoms with E-state index in [1.54, 1.807) is 0 Å². The molecule has 0 N–H and O–H groups in total. The summed E-state index contributed by atoms with van der Waals surface area (Å²) in [5, 5.41) is 6.67. The van der Waals surface area contributed by atoms with Crippen LogP contribution in [0.3, 0.4) is 0 Å². The molecule has 0 aliphatic heterocycles. The standard InChI is InChI=1S/C87H57N7/c1-56-44-47-80-68(50-56)65-38-22-25-43-77(65)94(80)85-83(86-88-71(59-30-12-4-13-31-59)53-72(89-86)60-32-14-5-15-33-60)81(92-75-41-23-20-39-66(75)69-51-63(45-48-78(69)92)57-26-8-2-9-27-57)55-82(84(85)87-90-73(61-34-16-6-17-35-61)54-74(91-87)62-36-18-7-19-37-62)93-76-42-24-21-40-67(76)70-52-64(46-49-79(70)93)58-28-10-3-11-29-58/h2-55H,1H3. The summed E-state index contributed by atoms with van der Waals surface area (Å²) < 4.78 is 7.43. The van der Waals surface area contributed by atoms with E-state index in [0.29, 0.717) is 11.6 Å². The smallest absolute Gasteiger partial charge is 0.164 e. The van der Waals surface area contributed by atoms with Crippen LogP contribution in [-0.4, -0.2) is 33.6 Å². The van der Waals surface area contributed by atoms with Gasteiger partial charge in [-0.3, -0.25) is 0 Å². The van der Waals surface area contributed by atoms with Crippen LogP contribution in [0.5, 0.6) is 0 Å². The summed E-state index contributed by atoms with van der Waals surface area (Å²) in [5.41, 5.74) is 22.9. The van der Waals surface area contributed by atoms with E-state index in [9.17, 15) is 0 Å². The average molecular weight is 1200 g/mol. The van der Waals surface area contributed by atoms with Crippen molar-refractivity contribution >= 4 is 65.4 Å². The largest absolute Gasteiger partial charge is 0.308 e. The van der Waals surface area contributed by atoms with Crippen molar-refractivity contribution in [2.45, 2.75) is 6.92 Å². The third-order valence-corrected chi connectivity index (χ3v) is 18.5. The Hall–Kier alpha value is -12.6. The second-order valence-corrected chi connectivity index (χ2v) is 24.2. The van der Waals surface area contributed by atoms with Crippen molar-refractivity contribution < 1.29 is 0 Å². The van der Waals surface area contributed by atoms with Crippen LogP contribution in [0.15, 0.2) is 328 Å². The van der Waals surface area contributed by atoms with Gasteiger partial charge < -0.3 is 13.7 Å². The molecule has 0 bridgehead atoms. The van der Waals surface area contributed by atoms with Crippen molar-refractivity contribution in [3.63, 3.8) is 0 Å². The maximum absolute atomic E-state index is 5.94. The van der Waals surface area contributed by atoms with Crippen LogP contribution in [0.4, 0.5) is 0 Å². The third kappa shape index (κ3) is 9.12. The molecule has 0 amide bonds. The van der Waals surface area contributed by atoms with Crippen LogP contribution in [0.25, 0.3) is 173 Å². The van der Waals surface area contributed by atoms with Gasteiger partial charge in [-0.15, -0.1) is 0 Å². The third-order valence-electron chi connectivity index (χ3n) is 18.5. The van der Waals surface area contributed by atoms with Gasteiger partial charge in [0.15, 0.2) is 11.6 Å². The fraction of sp³-hybridized carbons (Fsp3) is 0.0115. The first-order chi connectivity index (χ1) is 46.5. The fourth-order valence-electron chi connectivity index (χ4n) is 14.2. The van der Waals surface area contributed by atoms with E-state index in [4.69, 9.17) is 19.9 Å². The summed E-state index contributed by atoms with van der Waals surface area (Å²) in [6.45, 7) is 2.18. The molecule has 0 fully saturated rings. The van der Waals surface area contributed by atoms with Crippen molar-refractivity contribution in [3.05, 3.63) is 333 Å². The molecule has 5 aromatic heterocycles. The Morgan fingerprint density at radius 1 is 0.213 bits per heavy atom. The van der Waals surface area contributed by atoms with Gasteiger partial charge in [0.25, 0.3) is 0 Å². The Bertz CT molecular complexity index is 5530. The zero-order valence-corrected chi connectivity index (χ0v) is 51.3. The molecule has 440 valence electrons. The van der Waals surface area contributed by atoms with E-state index in [0.717, 1.165) is 166 Å². The summed E-state index contributed by atoms with van der Waals surface area (Å²) in [6, 6.07) is 117. The number of fused-ring (bicyclic) bond motifs is 9. The van der Waals surface area contributed by atoms with Crippen molar-refractivity contribution in [2.24, 2.45) is 0 Å². The first kappa shape index (κ1) is 54.4. The lowest BCUT2D eigenvalue weighted by Crippen LogP contribution is -2.13. The molecule has 0 saturated heterocycles. The predicted molar refractivity (Wildman–Crippen MR) is 389 cm³/mol. The minimum atomic E-state index is 0.528. The van der Waals surface area contributed by atoms with Crippen LogP contribution in [0.2, 0.25) is 0 Å². The number of aryl methyl sites for hydroxylation is 1. The second kappa shape index (κ2) is 22.4. The normalized spacial score (nSPS) is 11.7. The molecular formula is C87H57N7. The Morgan fingerprint density at radius 2 is 0.500 bits per heavy atom. The van der Waals surface area contributed by atoms with Crippen LogP contribution in [0, 0.1) is 6.92 Å². The number of aromatic nitrogens is 7. The summed E-state index contributed by atoms with van der Waals surface area (Å²) in [4.78, 5) is 23.8. The topological polar surface area (TPSA) is 66.3 Å². The number of rotatable bonds is 11. The van der Waals surface area contributed by atoms with Crippen molar-refractivity contribution in [1.82, 2.24) is 33.6 Å². The van der Waals surface area contributed by atoms with E-state index in [2.05, 4.69) is 348 Å². The Kier molecular flexibility index (Phi) is 13.0. The highest BCUT2D eigenvalue weighted by Crippen LogP contribution is 2.51. The Morgan fingerprint density at radius 3 is 0.872 bits per heavy atom. The SMILES string of the molecule is Cc1ccc2c(c1)c1ccccc1n2-c1c(-c2nc(-c3ccccc3)cc(-c3ccccc3)n2)c(-n2c3ccccc3c3cc(-c4ccccc4)ccc32)cc(-n2c3ccccc3c3cc(-c4ccccc4)ccc32)c1-c1nc(-c2ccccc2)cc(-c2ccccc2)n1. The molecular weight excluding hydrogens is 1140 g/mol. The molecule has 0 atom stereocenters. The lowest BCUT2D eigenvalue weighted by Gasteiger charge is -2.26. The maximum atomic E-state index is 5.94. The van der Waals surface area contributed by atoms with E-state index < -0.39 is 0 Å². The number of hydrogen-bond donors (Lipinski definition) is 0. The van der Waals surface area contributed by atoms with Gasteiger partial charge in [0.05, 0.1) is 84.1 Å². The highest BCUT2D eigenvalue weighted by Gasteiger charge is 2.33. The van der Waals surface area contributed by atoms with Crippen LogP contribution < -0.4 is 0 Å². The highest BCUT2D eigenvalue weighted by atomic mass is 15.1. The Balaban J connectivity index is 1.12. The monoisotopic (exact) mass is 1200 g/mol. The number of hydrogen-bond acceptors (Lipinski definition) is 4. The molecule has 13 aromatic carbocycles. The molecule has 7 heteroatoms. The first-order valence-electron chi connectivity index (χ1n) is 31.9. The van der Waals surface area contributed by atoms with Gasteiger partial charge in [0.2, 0.25) is 0 Å². The molecule has 18 rings (SSSR count). The molecule has 94 heavy (non-hydrogen) atoms. The van der Waals surface area contributed by atoms with E-state index in [1.165, 1.54) is 0 Å². The van der Waals surface area contributed by atoms with Gasteiger partial charge in [-0.25, -0.2) is 19.9 Å². The zero-order valence-electron chi connectivity index (χ0n) is 51.3. The van der Waals surface area contributed by atoms with E-state index in [-0.39, 0.29) is 0 Å². The molecule has 0 spiro atoms. The minimum Gasteiger partial charge on any atom is -0.308 e. The van der Waals surface area contributed by atoms with Crippen molar-refractivity contribution in [2.75, 3.05) is 0 Å². The fourth-order valence-corrected chi connectivity index (χ4v) is 14.2. The summed E-state index contributed by atoms with van der Waals surface area (Å²) in [5.74, 6) is 1.06. The molecule has 0 unspecified atom stereocenters. The lowest BCUT2D eigenvalue weighted by molar-refractivity contribution is 1.07. The lowest BCUT2D eigenvalue weighted by atomic mass is 9.97. The van der Waals surface area contributed by atoms with Crippen LogP contribution >= 0.6 is 0 Å². The van der Waals surface area contributed by atoms with Crippen molar-refractivity contribution in [3.8, 4) is 107 Å². The van der Waals surface area contributed by atoms with Crippen molar-refractivity contribution in [1.29, 1.82) is 0 Å². The predicted octanol–water partition coefficient (Wildman–Crippen LogP) is 22.2. The highest BCUT2D eigenvalue weighted by molar-refractivity contribution is 6.16. The van der Waals surface area contributed by atoms with E-state index >= 15 is 0 Å². The number of benzene rings is 13. The molecule has 7 nitrogen and oxygen atoms in total. The Labute approximate surface area is 543 Å². The summed E-state index contributed by atoms with van der Waals surface area (Å²) in [6.07, 6.45) is 0. The molecule has 0 saturated carbocycles. The quantitative estimate of drug-likeness (QED) is 0.129. The molecule has 18 aromatic rings. The molecule has 0 radical (unpaired) electrons. The van der Waals surface area contributed by atoms with Gasteiger partial charge in [0, 0.05) is 54.6 Å². The van der Waals surface area contributed by atoms with Crippen LogP contribution in [-0.2, 0) is 0 Å². The van der Waals surface area contributed by atoms with E-state index in [1.807, 2.05) is 0 Å². The second-order valence-electron chi connectivity index (χ2n) is 24.2. The molecule has 0 aliphatic rings. The number of para-hydroxylation sites is 3. The molecule has 5 heterocycles. The maximum Gasteiger partial charge on any atom is 0.164 e. The first-order valence-corrected chi connectivity index (χ1v) is 31.9. The average Bonchev–Trinajstić information content (AvgIpc) is 1.43. The minimum absolute atomic E-state index is 0.528. The molecule has 0 aliphatic carbocycles. The van der Waals surface area contributed by atoms with Gasteiger partial charge in [-0.2, -0.15) is 0 Å². The van der Waals surface area contributed by atoms with Gasteiger partial charge >= 0.3 is 0 Å². The van der Waals surface area contributed by atoms with Gasteiger partial charge in [0.1, 0.15) is 0 Å². The summed E-state index contributed by atoms with van der Waals surface area (Å²) >= 11 is 0.